The molecular weight excluding hydrogens is 289 g/mol. The molecule has 18 heavy (non-hydrogen) atoms. The SMILES string of the molecule is Clc1ccc(-c2n[nH]c(-c3cccs3)n2)c(Cl)c1. The zero-order chi connectivity index (χ0) is 12.5. The molecule has 0 radical (unpaired) electrons. The van der Waals surface area contributed by atoms with Gasteiger partial charge in [0.2, 0.25) is 0 Å². The molecule has 0 atom stereocenters. The second kappa shape index (κ2) is 4.72. The predicted octanol–water partition coefficient (Wildman–Crippen LogP) is 4.51. The lowest BCUT2D eigenvalue weighted by atomic mass is 10.2. The van der Waals surface area contributed by atoms with Crippen LogP contribution in [0.4, 0.5) is 0 Å². The highest BCUT2D eigenvalue weighted by Gasteiger charge is 2.11. The van der Waals surface area contributed by atoms with E-state index < -0.39 is 0 Å². The third-order valence-electron chi connectivity index (χ3n) is 2.41. The molecule has 0 aliphatic rings. The molecule has 1 N–H and O–H groups in total. The average molecular weight is 296 g/mol. The molecule has 6 heteroatoms. The minimum Gasteiger partial charge on any atom is -0.258 e. The highest BCUT2D eigenvalue weighted by atomic mass is 35.5. The van der Waals surface area contributed by atoms with Crippen molar-refractivity contribution in [2.24, 2.45) is 0 Å². The third kappa shape index (κ3) is 2.14. The van der Waals surface area contributed by atoms with Crippen molar-refractivity contribution in [1.29, 1.82) is 0 Å². The van der Waals surface area contributed by atoms with E-state index in [0.717, 1.165) is 16.3 Å². The lowest BCUT2D eigenvalue weighted by molar-refractivity contribution is 1.10. The van der Waals surface area contributed by atoms with E-state index in [-0.39, 0.29) is 0 Å². The first-order valence-electron chi connectivity index (χ1n) is 5.16. The fourth-order valence-electron chi connectivity index (χ4n) is 1.58. The van der Waals surface area contributed by atoms with Gasteiger partial charge in [0.15, 0.2) is 11.6 Å². The number of nitrogens with zero attached hydrogens (tertiary/aromatic N) is 2. The molecule has 2 aromatic heterocycles. The molecule has 3 rings (SSSR count). The Balaban J connectivity index is 2.03. The molecular formula is C12H7Cl2N3S. The fraction of sp³-hybridized carbons (Fsp3) is 0. The van der Waals surface area contributed by atoms with Crippen molar-refractivity contribution in [3.8, 4) is 22.1 Å². The summed E-state index contributed by atoms with van der Waals surface area (Å²) in [6.07, 6.45) is 0. The summed E-state index contributed by atoms with van der Waals surface area (Å²) in [7, 11) is 0. The van der Waals surface area contributed by atoms with Crippen molar-refractivity contribution < 1.29 is 0 Å². The molecule has 3 aromatic rings. The van der Waals surface area contributed by atoms with E-state index in [1.165, 1.54) is 0 Å². The second-order valence-electron chi connectivity index (χ2n) is 3.61. The van der Waals surface area contributed by atoms with Crippen molar-refractivity contribution in [2.75, 3.05) is 0 Å². The Morgan fingerprint density at radius 2 is 2.06 bits per heavy atom. The summed E-state index contributed by atoms with van der Waals surface area (Å²) in [5, 5.41) is 10.2. The number of benzene rings is 1. The smallest absolute Gasteiger partial charge is 0.183 e. The van der Waals surface area contributed by atoms with Crippen LogP contribution in [-0.4, -0.2) is 15.2 Å². The summed E-state index contributed by atoms with van der Waals surface area (Å²) in [4.78, 5) is 5.47. The Morgan fingerprint density at radius 1 is 1.17 bits per heavy atom. The first-order valence-corrected chi connectivity index (χ1v) is 6.79. The van der Waals surface area contributed by atoms with Gasteiger partial charge in [0, 0.05) is 10.6 Å². The van der Waals surface area contributed by atoms with Gasteiger partial charge in [-0.3, -0.25) is 5.10 Å². The lowest BCUT2D eigenvalue weighted by Gasteiger charge is -1.99. The lowest BCUT2D eigenvalue weighted by Crippen LogP contribution is -1.82. The second-order valence-corrected chi connectivity index (χ2v) is 5.40. The maximum atomic E-state index is 6.12. The number of H-pyrrole nitrogens is 1. The first-order chi connectivity index (χ1) is 8.74. The zero-order valence-electron chi connectivity index (χ0n) is 9.02. The molecule has 0 aliphatic carbocycles. The van der Waals surface area contributed by atoms with Gasteiger partial charge in [-0.2, -0.15) is 5.10 Å². The molecule has 0 saturated heterocycles. The fourth-order valence-corrected chi connectivity index (χ4v) is 2.73. The molecule has 90 valence electrons. The van der Waals surface area contributed by atoms with E-state index in [1.54, 1.807) is 23.5 Å². The minimum atomic E-state index is 0.541. The van der Waals surface area contributed by atoms with Gasteiger partial charge >= 0.3 is 0 Å². The highest BCUT2D eigenvalue weighted by Crippen LogP contribution is 2.29. The quantitative estimate of drug-likeness (QED) is 0.756. The van der Waals surface area contributed by atoms with Gasteiger partial charge in [0.05, 0.1) is 9.90 Å². The van der Waals surface area contributed by atoms with E-state index in [0.29, 0.717) is 15.9 Å². The molecule has 0 bridgehead atoms. The van der Waals surface area contributed by atoms with Crippen LogP contribution >= 0.6 is 34.5 Å². The normalized spacial score (nSPS) is 10.8. The molecule has 0 unspecified atom stereocenters. The molecule has 0 amide bonds. The Kier molecular flexibility index (Phi) is 3.07. The van der Waals surface area contributed by atoms with Crippen molar-refractivity contribution in [2.45, 2.75) is 0 Å². The van der Waals surface area contributed by atoms with Crippen molar-refractivity contribution in [1.82, 2.24) is 15.2 Å². The van der Waals surface area contributed by atoms with E-state index in [4.69, 9.17) is 23.2 Å². The van der Waals surface area contributed by atoms with Crippen LogP contribution < -0.4 is 0 Å². The Labute approximate surface area is 117 Å². The number of halogens is 2. The van der Waals surface area contributed by atoms with Crippen LogP contribution in [0.3, 0.4) is 0 Å². The highest BCUT2D eigenvalue weighted by molar-refractivity contribution is 7.13. The zero-order valence-corrected chi connectivity index (χ0v) is 11.4. The van der Waals surface area contributed by atoms with Crippen molar-refractivity contribution in [3.05, 3.63) is 45.8 Å². The Hall–Kier alpha value is -1.36. The van der Waals surface area contributed by atoms with Crippen LogP contribution in [0.15, 0.2) is 35.7 Å². The molecule has 2 heterocycles. The molecule has 0 fully saturated rings. The number of thiophene rings is 1. The molecule has 0 spiro atoms. The average Bonchev–Trinajstić information content (AvgIpc) is 2.99. The largest absolute Gasteiger partial charge is 0.258 e. The van der Waals surface area contributed by atoms with Crippen molar-refractivity contribution >= 4 is 34.5 Å². The van der Waals surface area contributed by atoms with Gasteiger partial charge in [0.25, 0.3) is 0 Å². The number of hydrogen-bond acceptors (Lipinski definition) is 3. The van der Waals surface area contributed by atoms with E-state index >= 15 is 0 Å². The van der Waals surface area contributed by atoms with Gasteiger partial charge in [-0.15, -0.1) is 11.3 Å². The Bertz CT molecular complexity index is 676. The minimum absolute atomic E-state index is 0.541. The van der Waals surface area contributed by atoms with Crippen LogP contribution in [0.2, 0.25) is 10.0 Å². The summed E-state index contributed by atoms with van der Waals surface area (Å²) < 4.78 is 0. The molecule has 0 aliphatic heterocycles. The van der Waals surface area contributed by atoms with Crippen LogP contribution in [0.1, 0.15) is 0 Å². The monoisotopic (exact) mass is 295 g/mol. The van der Waals surface area contributed by atoms with E-state index in [9.17, 15) is 0 Å². The molecule has 3 nitrogen and oxygen atoms in total. The summed E-state index contributed by atoms with van der Waals surface area (Å²) >= 11 is 13.6. The number of rotatable bonds is 2. The van der Waals surface area contributed by atoms with Gasteiger partial charge in [-0.25, -0.2) is 4.98 Å². The first kappa shape index (κ1) is 11.7. The third-order valence-corrected chi connectivity index (χ3v) is 3.84. The number of aromatic nitrogens is 3. The van der Waals surface area contributed by atoms with Gasteiger partial charge in [-0.1, -0.05) is 29.3 Å². The standard InChI is InChI=1S/C12H7Cl2N3S/c13-7-3-4-8(9(14)6-7)11-15-12(17-16-11)10-2-1-5-18-10/h1-6H,(H,15,16,17). The summed E-state index contributed by atoms with van der Waals surface area (Å²) in [6.45, 7) is 0. The number of nitrogens with one attached hydrogen (secondary N) is 1. The molecule has 0 saturated carbocycles. The molecule has 1 aromatic carbocycles. The van der Waals surface area contributed by atoms with Crippen LogP contribution in [-0.2, 0) is 0 Å². The maximum Gasteiger partial charge on any atom is 0.183 e. The summed E-state index contributed by atoms with van der Waals surface area (Å²) in [5.41, 5.74) is 0.764. The Morgan fingerprint density at radius 3 is 2.78 bits per heavy atom. The van der Waals surface area contributed by atoms with Crippen molar-refractivity contribution in [3.63, 3.8) is 0 Å². The van der Waals surface area contributed by atoms with Gasteiger partial charge in [0.1, 0.15) is 0 Å². The number of aromatic amines is 1. The summed E-state index contributed by atoms with van der Waals surface area (Å²) in [5.74, 6) is 1.31. The predicted molar refractivity (Wildman–Crippen MR) is 75.2 cm³/mol. The van der Waals surface area contributed by atoms with Crippen LogP contribution in [0.25, 0.3) is 22.1 Å². The van der Waals surface area contributed by atoms with Gasteiger partial charge in [-0.05, 0) is 29.6 Å². The summed E-state index contributed by atoms with van der Waals surface area (Å²) in [6, 6.07) is 9.21. The van der Waals surface area contributed by atoms with E-state index in [1.807, 2.05) is 23.6 Å². The maximum absolute atomic E-state index is 6.12. The number of hydrogen-bond donors (Lipinski definition) is 1. The van der Waals surface area contributed by atoms with Crippen LogP contribution in [0.5, 0.6) is 0 Å². The van der Waals surface area contributed by atoms with E-state index in [2.05, 4.69) is 15.2 Å². The van der Waals surface area contributed by atoms with Crippen LogP contribution in [0, 0.1) is 0 Å². The topological polar surface area (TPSA) is 41.6 Å². The van der Waals surface area contributed by atoms with Gasteiger partial charge < -0.3 is 0 Å².